The van der Waals surface area contributed by atoms with E-state index in [1.807, 2.05) is 36.9 Å². The van der Waals surface area contributed by atoms with Crippen LogP contribution in [0.3, 0.4) is 0 Å². The van der Waals surface area contributed by atoms with E-state index in [-0.39, 0.29) is 6.04 Å². The lowest BCUT2D eigenvalue weighted by Gasteiger charge is -2.17. The Kier molecular flexibility index (Phi) is 5.08. The van der Waals surface area contributed by atoms with Crippen LogP contribution in [-0.4, -0.2) is 24.0 Å². The van der Waals surface area contributed by atoms with Crippen LogP contribution in [0.25, 0.3) is 0 Å². The van der Waals surface area contributed by atoms with Gasteiger partial charge in [0.25, 0.3) is 0 Å². The molecule has 22 heavy (non-hydrogen) atoms. The molecule has 1 unspecified atom stereocenters. The van der Waals surface area contributed by atoms with Crippen molar-refractivity contribution in [1.29, 1.82) is 0 Å². The van der Waals surface area contributed by atoms with Gasteiger partial charge < -0.3 is 14.8 Å². The van der Waals surface area contributed by atoms with Crippen molar-refractivity contribution in [3.8, 4) is 11.5 Å². The Balaban J connectivity index is 2.15. The molecule has 2 aromatic rings. The number of hydrogen-bond donors (Lipinski definition) is 1. The van der Waals surface area contributed by atoms with Crippen LogP contribution in [0.15, 0.2) is 18.2 Å². The monoisotopic (exact) mass is 303 g/mol. The molecule has 0 aliphatic carbocycles. The standard InChI is InChI=1S/C17H25N3O2/c1-11(17-12(2)19-20(4)13(17)3)18-10-14-9-15(21-5)7-8-16(14)22-6/h7-9,11,18H,10H2,1-6H3. The second-order valence-electron chi connectivity index (χ2n) is 5.49. The molecule has 0 radical (unpaired) electrons. The fraction of sp³-hybridized carbons (Fsp3) is 0.471. The molecule has 0 saturated carbocycles. The Morgan fingerprint density at radius 2 is 1.95 bits per heavy atom. The van der Waals surface area contributed by atoms with Crippen LogP contribution in [0.5, 0.6) is 11.5 Å². The topological polar surface area (TPSA) is 48.3 Å². The quantitative estimate of drug-likeness (QED) is 0.891. The fourth-order valence-electron chi connectivity index (χ4n) is 2.80. The molecule has 1 aromatic heterocycles. The zero-order valence-corrected chi connectivity index (χ0v) is 14.2. The number of ether oxygens (including phenoxy) is 2. The first-order valence-corrected chi connectivity index (χ1v) is 7.42. The molecule has 2 rings (SSSR count). The lowest BCUT2D eigenvalue weighted by Crippen LogP contribution is -2.19. The molecular weight excluding hydrogens is 278 g/mol. The van der Waals surface area contributed by atoms with Crippen molar-refractivity contribution >= 4 is 0 Å². The van der Waals surface area contributed by atoms with Gasteiger partial charge in [-0.05, 0) is 39.0 Å². The maximum absolute atomic E-state index is 5.42. The minimum Gasteiger partial charge on any atom is -0.497 e. The van der Waals surface area contributed by atoms with Gasteiger partial charge >= 0.3 is 0 Å². The van der Waals surface area contributed by atoms with E-state index in [0.29, 0.717) is 6.54 Å². The Hall–Kier alpha value is -2.01. The molecule has 0 aliphatic heterocycles. The van der Waals surface area contributed by atoms with Gasteiger partial charge in [0.05, 0.1) is 19.9 Å². The van der Waals surface area contributed by atoms with E-state index in [4.69, 9.17) is 9.47 Å². The van der Waals surface area contributed by atoms with Gasteiger partial charge in [-0.3, -0.25) is 4.68 Å². The number of nitrogens with zero attached hydrogens (tertiary/aromatic N) is 2. The summed E-state index contributed by atoms with van der Waals surface area (Å²) >= 11 is 0. The molecule has 0 fully saturated rings. The van der Waals surface area contributed by atoms with Gasteiger partial charge in [-0.25, -0.2) is 0 Å². The highest BCUT2D eigenvalue weighted by atomic mass is 16.5. The molecule has 5 heteroatoms. The number of hydrogen-bond acceptors (Lipinski definition) is 4. The van der Waals surface area contributed by atoms with Crippen LogP contribution in [0.2, 0.25) is 0 Å². The zero-order valence-electron chi connectivity index (χ0n) is 14.2. The summed E-state index contributed by atoms with van der Waals surface area (Å²) < 4.78 is 12.6. The minimum absolute atomic E-state index is 0.213. The molecule has 1 N–H and O–H groups in total. The molecule has 0 aliphatic rings. The first-order chi connectivity index (χ1) is 10.5. The molecule has 5 nitrogen and oxygen atoms in total. The van der Waals surface area contributed by atoms with Crippen molar-refractivity contribution < 1.29 is 9.47 Å². The van der Waals surface area contributed by atoms with Gasteiger partial charge in [0.1, 0.15) is 11.5 Å². The van der Waals surface area contributed by atoms with Crippen LogP contribution in [0.1, 0.15) is 35.5 Å². The molecule has 1 atom stereocenters. The summed E-state index contributed by atoms with van der Waals surface area (Å²) in [7, 11) is 5.33. The van der Waals surface area contributed by atoms with Gasteiger partial charge in [0.2, 0.25) is 0 Å². The third kappa shape index (κ3) is 3.25. The summed E-state index contributed by atoms with van der Waals surface area (Å²) in [6.07, 6.45) is 0. The summed E-state index contributed by atoms with van der Waals surface area (Å²) in [6, 6.07) is 6.05. The number of nitrogens with one attached hydrogen (secondary N) is 1. The first kappa shape index (κ1) is 16.4. The SMILES string of the molecule is COc1ccc(OC)c(CNC(C)c2c(C)nn(C)c2C)c1. The van der Waals surface area contributed by atoms with Crippen molar-refractivity contribution in [3.63, 3.8) is 0 Å². The predicted molar refractivity (Wildman–Crippen MR) is 87.5 cm³/mol. The van der Waals surface area contributed by atoms with E-state index in [1.54, 1.807) is 14.2 Å². The molecule has 1 heterocycles. The molecule has 0 bridgehead atoms. The van der Waals surface area contributed by atoms with Crippen LogP contribution in [0.4, 0.5) is 0 Å². The van der Waals surface area contributed by atoms with Crippen molar-refractivity contribution in [2.24, 2.45) is 7.05 Å². The van der Waals surface area contributed by atoms with Crippen LogP contribution in [0, 0.1) is 13.8 Å². The van der Waals surface area contributed by atoms with Crippen LogP contribution < -0.4 is 14.8 Å². The molecule has 0 spiro atoms. The summed E-state index contributed by atoms with van der Waals surface area (Å²) in [5.41, 5.74) is 4.59. The highest BCUT2D eigenvalue weighted by Crippen LogP contribution is 2.26. The Morgan fingerprint density at radius 1 is 1.23 bits per heavy atom. The second kappa shape index (κ2) is 6.83. The molecule has 0 amide bonds. The Labute approximate surface area is 132 Å². The minimum atomic E-state index is 0.213. The van der Waals surface area contributed by atoms with E-state index in [1.165, 1.54) is 11.3 Å². The highest BCUT2D eigenvalue weighted by Gasteiger charge is 2.16. The van der Waals surface area contributed by atoms with Crippen molar-refractivity contribution in [1.82, 2.24) is 15.1 Å². The van der Waals surface area contributed by atoms with E-state index >= 15 is 0 Å². The van der Waals surface area contributed by atoms with Crippen molar-refractivity contribution in [2.75, 3.05) is 14.2 Å². The lowest BCUT2D eigenvalue weighted by molar-refractivity contribution is 0.395. The molecular formula is C17H25N3O2. The largest absolute Gasteiger partial charge is 0.497 e. The van der Waals surface area contributed by atoms with Gasteiger partial charge in [-0.1, -0.05) is 0 Å². The number of aromatic nitrogens is 2. The number of methoxy groups -OCH3 is 2. The van der Waals surface area contributed by atoms with Gasteiger partial charge in [-0.2, -0.15) is 5.10 Å². The average molecular weight is 303 g/mol. The van der Waals surface area contributed by atoms with Gasteiger partial charge in [0.15, 0.2) is 0 Å². The predicted octanol–water partition coefficient (Wildman–Crippen LogP) is 2.90. The van der Waals surface area contributed by atoms with Crippen LogP contribution in [-0.2, 0) is 13.6 Å². The smallest absolute Gasteiger partial charge is 0.123 e. The van der Waals surface area contributed by atoms with E-state index in [9.17, 15) is 0 Å². The second-order valence-corrected chi connectivity index (χ2v) is 5.49. The summed E-state index contributed by atoms with van der Waals surface area (Å²) in [5.74, 6) is 1.69. The van der Waals surface area contributed by atoms with Crippen LogP contribution >= 0.6 is 0 Å². The molecule has 120 valence electrons. The van der Waals surface area contributed by atoms with Gasteiger partial charge in [-0.15, -0.1) is 0 Å². The van der Waals surface area contributed by atoms with Crippen molar-refractivity contribution in [2.45, 2.75) is 33.4 Å². The summed E-state index contributed by atoms with van der Waals surface area (Å²) in [4.78, 5) is 0. The normalized spacial score (nSPS) is 12.3. The first-order valence-electron chi connectivity index (χ1n) is 7.42. The maximum atomic E-state index is 5.42. The van der Waals surface area contributed by atoms with E-state index < -0.39 is 0 Å². The average Bonchev–Trinajstić information content (AvgIpc) is 2.77. The lowest BCUT2D eigenvalue weighted by atomic mass is 10.1. The van der Waals surface area contributed by atoms with E-state index in [0.717, 1.165) is 22.8 Å². The zero-order chi connectivity index (χ0) is 16.3. The van der Waals surface area contributed by atoms with Crippen molar-refractivity contribution in [3.05, 3.63) is 40.7 Å². The molecule has 1 aromatic carbocycles. The molecule has 0 saturated heterocycles. The highest BCUT2D eigenvalue weighted by molar-refractivity contribution is 5.40. The maximum Gasteiger partial charge on any atom is 0.123 e. The fourth-order valence-corrected chi connectivity index (χ4v) is 2.80. The van der Waals surface area contributed by atoms with E-state index in [2.05, 4.69) is 24.3 Å². The number of benzene rings is 1. The number of rotatable bonds is 6. The Bertz CT molecular complexity index is 650. The summed E-state index contributed by atoms with van der Waals surface area (Å²) in [6.45, 7) is 7.01. The third-order valence-corrected chi connectivity index (χ3v) is 4.08. The number of aryl methyl sites for hydroxylation is 2. The third-order valence-electron chi connectivity index (χ3n) is 4.08. The van der Waals surface area contributed by atoms with Gasteiger partial charge in [0, 0.05) is 36.5 Å². The Morgan fingerprint density at radius 3 is 2.50 bits per heavy atom. The summed E-state index contributed by atoms with van der Waals surface area (Å²) in [5, 5.41) is 8.03.